The molecule has 0 spiro atoms. The Kier molecular flexibility index (Phi) is 4.99. The van der Waals surface area contributed by atoms with Gasteiger partial charge in [-0.2, -0.15) is 11.8 Å². The van der Waals surface area contributed by atoms with Crippen LogP contribution in [0, 0.1) is 11.6 Å². The Morgan fingerprint density at radius 1 is 1.47 bits per heavy atom. The molecule has 0 saturated heterocycles. The predicted molar refractivity (Wildman–Crippen MR) is 69.9 cm³/mol. The van der Waals surface area contributed by atoms with Crippen molar-refractivity contribution < 1.29 is 8.78 Å². The lowest BCUT2D eigenvalue weighted by Crippen LogP contribution is -2.32. The summed E-state index contributed by atoms with van der Waals surface area (Å²) >= 11 is 1.67. The van der Waals surface area contributed by atoms with Crippen LogP contribution in [0.15, 0.2) is 6.07 Å². The average Bonchev–Trinajstić information content (AvgIpc) is 2.29. The van der Waals surface area contributed by atoms with Crippen LogP contribution in [0.4, 0.5) is 20.4 Å². The van der Waals surface area contributed by atoms with Crippen molar-refractivity contribution in [3.63, 3.8) is 0 Å². The molecule has 0 fully saturated rings. The first-order valence-electron chi connectivity index (χ1n) is 5.26. The molecule has 0 aromatic carbocycles. The van der Waals surface area contributed by atoms with Gasteiger partial charge in [0.05, 0.1) is 0 Å². The van der Waals surface area contributed by atoms with E-state index in [9.17, 15) is 8.78 Å². The summed E-state index contributed by atoms with van der Waals surface area (Å²) in [5, 5.41) is 2.60. The van der Waals surface area contributed by atoms with Gasteiger partial charge in [0.25, 0.3) is 0 Å². The largest absolute Gasteiger partial charge is 0.371 e. The van der Waals surface area contributed by atoms with Gasteiger partial charge in [-0.1, -0.05) is 0 Å². The molecule has 1 unspecified atom stereocenters. The molecule has 6 heteroatoms. The van der Waals surface area contributed by atoms with Crippen LogP contribution in [0.5, 0.6) is 0 Å². The minimum absolute atomic E-state index is 0.0598. The Bertz CT molecular complexity index is 387. The number of pyridine rings is 1. The summed E-state index contributed by atoms with van der Waals surface area (Å²) in [5.41, 5.74) is 0. The van der Waals surface area contributed by atoms with Crippen molar-refractivity contribution >= 4 is 23.4 Å². The van der Waals surface area contributed by atoms with Crippen molar-refractivity contribution in [3.05, 3.63) is 17.7 Å². The lowest BCUT2D eigenvalue weighted by atomic mass is 10.3. The lowest BCUT2D eigenvalue weighted by molar-refractivity contribution is 0.568. The number of nitrogens with zero attached hydrogens (tertiary/aromatic N) is 2. The fourth-order valence-corrected chi connectivity index (χ4v) is 2.15. The Morgan fingerprint density at radius 2 is 2.12 bits per heavy atom. The number of thioether (sulfide) groups is 1. The van der Waals surface area contributed by atoms with Gasteiger partial charge < -0.3 is 10.2 Å². The van der Waals surface area contributed by atoms with Gasteiger partial charge in [-0.15, -0.1) is 0 Å². The fourth-order valence-electron chi connectivity index (χ4n) is 1.44. The minimum atomic E-state index is -0.681. The van der Waals surface area contributed by atoms with Crippen LogP contribution < -0.4 is 10.2 Å². The summed E-state index contributed by atoms with van der Waals surface area (Å²) in [5.74, 6) is -0.248. The van der Waals surface area contributed by atoms with Gasteiger partial charge in [0.1, 0.15) is 0 Å². The number of rotatable bonds is 5. The maximum atomic E-state index is 13.6. The molecule has 17 heavy (non-hydrogen) atoms. The Labute approximate surface area is 105 Å². The maximum absolute atomic E-state index is 13.6. The van der Waals surface area contributed by atoms with Crippen molar-refractivity contribution in [1.82, 2.24) is 4.98 Å². The van der Waals surface area contributed by atoms with Crippen LogP contribution in [0.25, 0.3) is 0 Å². The fraction of sp³-hybridized carbons (Fsp3) is 0.545. The molecule has 0 radical (unpaired) electrons. The van der Waals surface area contributed by atoms with Gasteiger partial charge in [0.15, 0.2) is 23.3 Å². The number of anilines is 2. The first kappa shape index (κ1) is 14.0. The van der Waals surface area contributed by atoms with Crippen molar-refractivity contribution in [2.75, 3.05) is 36.3 Å². The van der Waals surface area contributed by atoms with E-state index in [4.69, 9.17) is 0 Å². The maximum Gasteiger partial charge on any atom is 0.168 e. The summed E-state index contributed by atoms with van der Waals surface area (Å²) in [6.45, 7) is 1.97. The molecule has 1 atom stereocenters. The zero-order valence-corrected chi connectivity index (χ0v) is 11.2. The summed E-state index contributed by atoms with van der Waals surface area (Å²) in [4.78, 5) is 5.66. The molecule has 1 aromatic heterocycles. The highest BCUT2D eigenvalue weighted by Gasteiger charge is 2.18. The van der Waals surface area contributed by atoms with Gasteiger partial charge in [0, 0.05) is 32.0 Å². The topological polar surface area (TPSA) is 28.2 Å². The second-order valence-electron chi connectivity index (χ2n) is 3.79. The predicted octanol–water partition coefficient (Wildman–Crippen LogP) is 2.59. The highest BCUT2D eigenvalue weighted by Crippen LogP contribution is 2.23. The van der Waals surface area contributed by atoms with E-state index in [1.807, 2.05) is 13.2 Å². The van der Waals surface area contributed by atoms with Gasteiger partial charge in [-0.25, -0.2) is 13.8 Å². The molecule has 0 aliphatic heterocycles. The minimum Gasteiger partial charge on any atom is -0.371 e. The second-order valence-corrected chi connectivity index (χ2v) is 4.70. The third-order valence-electron chi connectivity index (χ3n) is 2.55. The first-order valence-corrected chi connectivity index (χ1v) is 6.66. The van der Waals surface area contributed by atoms with E-state index in [1.165, 1.54) is 0 Å². The molecule has 0 aliphatic carbocycles. The number of hydrogen-bond donors (Lipinski definition) is 1. The van der Waals surface area contributed by atoms with Crippen LogP contribution in [0.3, 0.4) is 0 Å². The van der Waals surface area contributed by atoms with Crippen molar-refractivity contribution in [1.29, 1.82) is 0 Å². The summed E-state index contributed by atoms with van der Waals surface area (Å²) in [7, 11) is 3.31. The van der Waals surface area contributed by atoms with E-state index in [1.54, 1.807) is 30.8 Å². The first-order chi connectivity index (χ1) is 8.01. The third kappa shape index (κ3) is 3.21. The van der Waals surface area contributed by atoms with E-state index in [2.05, 4.69) is 10.3 Å². The quantitative estimate of drug-likeness (QED) is 0.882. The summed E-state index contributed by atoms with van der Waals surface area (Å²) in [6, 6.07) is 0.985. The molecule has 0 bridgehead atoms. The van der Waals surface area contributed by atoms with E-state index in [-0.39, 0.29) is 17.7 Å². The smallest absolute Gasteiger partial charge is 0.168 e. The van der Waals surface area contributed by atoms with Crippen molar-refractivity contribution in [3.8, 4) is 0 Å². The lowest BCUT2D eigenvalue weighted by Gasteiger charge is -2.26. The molecule has 0 saturated carbocycles. The van der Waals surface area contributed by atoms with Gasteiger partial charge in [-0.3, -0.25) is 0 Å². The standard InChI is InChI=1S/C11H17F2N3S/c1-7(6-17-4)16(3)11-9(13)5-8(12)10(14-2)15-11/h5,7H,6H2,1-4H3,(H,14,15). The monoisotopic (exact) mass is 261 g/mol. The molecule has 3 nitrogen and oxygen atoms in total. The van der Waals surface area contributed by atoms with Crippen LogP contribution in [-0.2, 0) is 0 Å². The number of aromatic nitrogens is 1. The summed E-state index contributed by atoms with van der Waals surface area (Å²) in [6.07, 6.45) is 1.98. The van der Waals surface area contributed by atoms with Crippen LogP contribution in [0.2, 0.25) is 0 Å². The molecule has 96 valence electrons. The second kappa shape index (κ2) is 6.05. The van der Waals surface area contributed by atoms with Crippen LogP contribution >= 0.6 is 11.8 Å². The number of nitrogens with one attached hydrogen (secondary N) is 1. The highest BCUT2D eigenvalue weighted by atomic mass is 32.2. The SMILES string of the molecule is CNc1nc(N(C)C(C)CSC)c(F)cc1F. The normalized spacial score (nSPS) is 12.4. The van der Waals surface area contributed by atoms with E-state index in [0.717, 1.165) is 11.8 Å². The Hall–Kier alpha value is -1.04. The molecule has 0 aliphatic rings. The molecule has 1 aromatic rings. The Balaban J connectivity index is 3.04. The van der Waals surface area contributed by atoms with Crippen LogP contribution in [-0.4, -0.2) is 37.1 Å². The van der Waals surface area contributed by atoms with E-state index >= 15 is 0 Å². The van der Waals surface area contributed by atoms with Crippen molar-refractivity contribution in [2.45, 2.75) is 13.0 Å². The Morgan fingerprint density at radius 3 is 2.65 bits per heavy atom. The highest BCUT2D eigenvalue weighted by molar-refractivity contribution is 7.98. The average molecular weight is 261 g/mol. The molecular formula is C11H17F2N3S. The zero-order valence-electron chi connectivity index (χ0n) is 10.4. The zero-order chi connectivity index (χ0) is 13.0. The molecule has 1 rings (SSSR count). The van der Waals surface area contributed by atoms with Gasteiger partial charge in [-0.05, 0) is 13.2 Å². The molecule has 1 heterocycles. The van der Waals surface area contributed by atoms with Gasteiger partial charge >= 0.3 is 0 Å². The number of halogens is 2. The van der Waals surface area contributed by atoms with Crippen molar-refractivity contribution in [2.24, 2.45) is 0 Å². The van der Waals surface area contributed by atoms with Gasteiger partial charge in [0.2, 0.25) is 0 Å². The molecule has 1 N–H and O–H groups in total. The molecule has 0 amide bonds. The van der Waals surface area contributed by atoms with E-state index in [0.29, 0.717) is 0 Å². The number of hydrogen-bond acceptors (Lipinski definition) is 4. The summed E-state index contributed by atoms with van der Waals surface area (Å²) < 4.78 is 26.9. The third-order valence-corrected chi connectivity index (χ3v) is 3.37. The van der Waals surface area contributed by atoms with Crippen LogP contribution in [0.1, 0.15) is 6.92 Å². The molecular weight excluding hydrogens is 244 g/mol. The van der Waals surface area contributed by atoms with E-state index < -0.39 is 11.6 Å².